The van der Waals surface area contributed by atoms with E-state index in [4.69, 9.17) is 0 Å². The van der Waals surface area contributed by atoms with Gasteiger partial charge in [0.05, 0.1) is 16.8 Å². The Hall–Kier alpha value is -3.02. The first-order chi connectivity index (χ1) is 12.3. The zero-order valence-corrected chi connectivity index (χ0v) is 13.9. The number of anilines is 2. The summed E-state index contributed by atoms with van der Waals surface area (Å²) < 4.78 is 40.0. The highest BCUT2D eigenvalue weighted by molar-refractivity contribution is 5.98. The predicted molar refractivity (Wildman–Crippen MR) is 88.4 cm³/mol. The molecule has 1 aromatic heterocycles. The lowest BCUT2D eigenvalue weighted by Crippen LogP contribution is -2.48. The number of amides is 1. The largest absolute Gasteiger partial charge is 0.416 e. The van der Waals surface area contributed by atoms with Crippen LogP contribution >= 0.6 is 0 Å². The van der Waals surface area contributed by atoms with E-state index in [2.05, 4.69) is 10.4 Å². The van der Waals surface area contributed by atoms with Crippen molar-refractivity contribution in [2.24, 2.45) is 7.05 Å². The van der Waals surface area contributed by atoms with Crippen molar-refractivity contribution in [2.45, 2.75) is 25.1 Å². The van der Waals surface area contributed by atoms with Crippen LogP contribution in [0.25, 0.3) is 0 Å². The summed E-state index contributed by atoms with van der Waals surface area (Å²) in [6.07, 6.45) is -1.57. The molecule has 1 aliphatic rings. The van der Waals surface area contributed by atoms with Crippen molar-refractivity contribution in [1.29, 1.82) is 5.26 Å². The molecule has 1 amide bonds. The van der Waals surface area contributed by atoms with E-state index in [1.54, 1.807) is 30.1 Å². The van der Waals surface area contributed by atoms with Crippen LogP contribution in [0, 0.1) is 11.3 Å². The monoisotopic (exact) mass is 363 g/mol. The first kappa shape index (κ1) is 17.8. The van der Waals surface area contributed by atoms with Gasteiger partial charge in [-0.25, -0.2) is 0 Å². The lowest BCUT2D eigenvalue weighted by molar-refractivity contribution is -0.137. The third-order valence-corrected chi connectivity index (χ3v) is 4.21. The predicted octanol–water partition coefficient (Wildman–Crippen LogP) is 2.92. The molecule has 1 fully saturated rings. The number of halogens is 3. The van der Waals surface area contributed by atoms with Crippen LogP contribution in [0.1, 0.15) is 24.0 Å². The van der Waals surface area contributed by atoms with Crippen molar-refractivity contribution < 1.29 is 18.0 Å². The van der Waals surface area contributed by atoms with Crippen molar-refractivity contribution in [2.75, 3.05) is 16.8 Å². The molecule has 1 atom stereocenters. The maximum atomic E-state index is 12.8. The molecular weight excluding hydrogens is 347 g/mol. The van der Waals surface area contributed by atoms with Crippen LogP contribution in [0.15, 0.2) is 30.5 Å². The number of carbonyl (C=O) groups is 1. The molecule has 9 heteroatoms. The second kappa shape index (κ2) is 6.71. The number of benzene rings is 1. The van der Waals surface area contributed by atoms with E-state index in [0.29, 0.717) is 25.2 Å². The third kappa shape index (κ3) is 3.49. The van der Waals surface area contributed by atoms with Gasteiger partial charge < -0.3 is 5.32 Å². The Kier molecular flexibility index (Phi) is 4.59. The first-order valence-electron chi connectivity index (χ1n) is 7.98. The summed E-state index contributed by atoms with van der Waals surface area (Å²) in [7, 11) is 1.75. The number of alkyl halides is 3. The number of carbonyl (C=O) groups excluding carboxylic acids is 1. The normalized spacial score (nSPS) is 17.9. The van der Waals surface area contributed by atoms with Crippen LogP contribution in [0.3, 0.4) is 0 Å². The molecule has 0 radical (unpaired) electrons. The quantitative estimate of drug-likeness (QED) is 0.910. The van der Waals surface area contributed by atoms with Gasteiger partial charge in [-0.1, -0.05) is 0 Å². The van der Waals surface area contributed by atoms with Crippen molar-refractivity contribution in [3.05, 3.63) is 41.6 Å². The van der Waals surface area contributed by atoms with Crippen LogP contribution in [0.4, 0.5) is 24.7 Å². The number of hydrogen-bond donors (Lipinski definition) is 1. The van der Waals surface area contributed by atoms with Crippen molar-refractivity contribution in [1.82, 2.24) is 9.78 Å². The first-order valence-corrected chi connectivity index (χ1v) is 7.98. The summed E-state index contributed by atoms with van der Waals surface area (Å²) in [6.45, 7) is 0.520. The van der Waals surface area contributed by atoms with E-state index >= 15 is 0 Å². The molecule has 1 saturated heterocycles. The smallest absolute Gasteiger partial charge is 0.373 e. The summed E-state index contributed by atoms with van der Waals surface area (Å²) in [5.41, 5.74) is -0.839. The summed E-state index contributed by atoms with van der Waals surface area (Å²) >= 11 is 0. The molecule has 1 N–H and O–H groups in total. The summed E-state index contributed by atoms with van der Waals surface area (Å²) in [5, 5.41) is 16.3. The summed E-state index contributed by atoms with van der Waals surface area (Å²) in [4.78, 5) is 14.3. The molecule has 0 aliphatic carbocycles. The zero-order chi connectivity index (χ0) is 18.9. The van der Waals surface area contributed by atoms with Gasteiger partial charge in [0, 0.05) is 25.9 Å². The number of aromatic nitrogens is 2. The average Bonchev–Trinajstić information content (AvgIpc) is 3.02. The SMILES string of the molecule is Cn1ccc(N2CCCC(Nc3ccc(C(F)(F)F)cc3C#N)C2=O)n1. The van der Waals surface area contributed by atoms with Crippen molar-refractivity contribution in [3.8, 4) is 6.07 Å². The molecule has 26 heavy (non-hydrogen) atoms. The van der Waals surface area contributed by atoms with E-state index in [1.165, 1.54) is 11.0 Å². The molecule has 0 spiro atoms. The van der Waals surface area contributed by atoms with E-state index in [-0.39, 0.29) is 17.2 Å². The Morgan fingerprint density at radius 3 is 2.73 bits per heavy atom. The fourth-order valence-corrected chi connectivity index (χ4v) is 2.91. The maximum absolute atomic E-state index is 12.8. The number of hydrogen-bond acceptors (Lipinski definition) is 4. The summed E-state index contributed by atoms with van der Waals surface area (Å²) in [5.74, 6) is 0.302. The summed E-state index contributed by atoms with van der Waals surface area (Å²) in [6, 6.07) is 5.72. The lowest BCUT2D eigenvalue weighted by atomic mass is 10.0. The topological polar surface area (TPSA) is 73.9 Å². The van der Waals surface area contributed by atoms with E-state index in [0.717, 1.165) is 12.1 Å². The average molecular weight is 363 g/mol. The second-order valence-electron chi connectivity index (χ2n) is 6.05. The van der Waals surface area contributed by atoms with Crippen LogP contribution in [0.5, 0.6) is 0 Å². The van der Waals surface area contributed by atoms with Crippen molar-refractivity contribution in [3.63, 3.8) is 0 Å². The van der Waals surface area contributed by atoms with Gasteiger partial charge in [0.15, 0.2) is 5.82 Å². The van der Waals surface area contributed by atoms with Gasteiger partial charge in [-0.15, -0.1) is 0 Å². The van der Waals surface area contributed by atoms with Crippen LogP contribution in [0.2, 0.25) is 0 Å². The van der Waals surface area contributed by atoms with Crippen LogP contribution < -0.4 is 10.2 Å². The van der Waals surface area contributed by atoms with E-state index < -0.39 is 17.8 Å². The van der Waals surface area contributed by atoms with Gasteiger partial charge >= 0.3 is 6.18 Å². The Labute approximate surface area is 147 Å². The highest BCUT2D eigenvalue weighted by Crippen LogP contribution is 2.32. The standard InChI is InChI=1S/C17H16F3N5O/c1-24-8-6-15(23-24)25-7-2-3-14(16(25)26)22-13-5-4-12(17(18,19)20)9-11(13)10-21/h4-6,8-9,14,22H,2-3,7H2,1H3. The van der Waals surface area contributed by atoms with Gasteiger partial charge in [-0.05, 0) is 31.0 Å². The molecule has 0 saturated carbocycles. The van der Waals surface area contributed by atoms with E-state index in [9.17, 15) is 23.2 Å². The van der Waals surface area contributed by atoms with Crippen LogP contribution in [-0.4, -0.2) is 28.3 Å². The van der Waals surface area contributed by atoms with Gasteiger partial charge in [0.2, 0.25) is 0 Å². The Balaban J connectivity index is 1.82. The van der Waals surface area contributed by atoms with Gasteiger partial charge in [0.25, 0.3) is 5.91 Å². The van der Waals surface area contributed by atoms with E-state index in [1.807, 2.05) is 0 Å². The molecule has 1 aromatic carbocycles. The maximum Gasteiger partial charge on any atom is 0.416 e. The Morgan fingerprint density at radius 1 is 1.35 bits per heavy atom. The lowest BCUT2D eigenvalue weighted by Gasteiger charge is -2.32. The zero-order valence-electron chi connectivity index (χ0n) is 13.9. The molecule has 1 unspecified atom stereocenters. The van der Waals surface area contributed by atoms with Crippen molar-refractivity contribution >= 4 is 17.4 Å². The van der Waals surface area contributed by atoms with Crippen LogP contribution in [-0.2, 0) is 18.0 Å². The fourth-order valence-electron chi connectivity index (χ4n) is 2.91. The minimum atomic E-state index is -4.53. The molecule has 2 aromatic rings. The second-order valence-corrected chi connectivity index (χ2v) is 6.05. The molecule has 136 valence electrons. The van der Waals surface area contributed by atoms with Gasteiger partial charge in [-0.2, -0.15) is 23.5 Å². The highest BCUT2D eigenvalue weighted by Gasteiger charge is 2.33. The fraction of sp³-hybridized carbons (Fsp3) is 0.353. The molecule has 3 rings (SSSR count). The molecule has 1 aliphatic heterocycles. The minimum absolute atomic E-state index is 0.150. The number of nitrogens with one attached hydrogen (secondary N) is 1. The number of nitriles is 1. The minimum Gasteiger partial charge on any atom is -0.373 e. The highest BCUT2D eigenvalue weighted by atomic mass is 19.4. The third-order valence-electron chi connectivity index (χ3n) is 4.21. The molecule has 0 bridgehead atoms. The molecule has 2 heterocycles. The Morgan fingerprint density at radius 2 is 2.12 bits per heavy atom. The Bertz CT molecular complexity index is 868. The number of aryl methyl sites for hydroxylation is 1. The number of piperidine rings is 1. The molecule has 6 nitrogen and oxygen atoms in total. The molecular formula is C17H16F3N5O. The number of nitrogens with zero attached hydrogens (tertiary/aromatic N) is 4. The van der Waals surface area contributed by atoms with Gasteiger partial charge in [0.1, 0.15) is 12.1 Å². The number of rotatable bonds is 3. The van der Waals surface area contributed by atoms with Gasteiger partial charge in [-0.3, -0.25) is 14.4 Å².